The molecule has 2 amide bonds. The van der Waals surface area contributed by atoms with E-state index in [0.29, 0.717) is 13.2 Å². The number of allylic oxidation sites excluding steroid dienone is 1. The molecule has 0 bridgehead atoms. The van der Waals surface area contributed by atoms with Crippen LogP contribution in [-0.4, -0.2) is 80.1 Å². The Hall–Kier alpha value is -1.80. The molecule has 8 heteroatoms. The van der Waals surface area contributed by atoms with Crippen LogP contribution in [0.15, 0.2) is 24.3 Å². The van der Waals surface area contributed by atoms with Crippen molar-refractivity contribution in [3.8, 4) is 0 Å². The number of ether oxygens (including phenoxy) is 1. The highest BCUT2D eigenvalue weighted by molar-refractivity contribution is 8.02. The maximum atomic E-state index is 14.2. The molecule has 2 saturated heterocycles. The largest absolute Gasteiger partial charge is 0.465 e. The number of rotatable bonds is 4. The van der Waals surface area contributed by atoms with Crippen LogP contribution in [0, 0.1) is 17.8 Å². The van der Waals surface area contributed by atoms with Gasteiger partial charge in [-0.25, -0.2) is 0 Å². The van der Waals surface area contributed by atoms with Crippen molar-refractivity contribution < 1.29 is 24.2 Å². The molecule has 0 aromatic heterocycles. The van der Waals surface area contributed by atoms with E-state index in [4.69, 9.17) is 4.74 Å². The summed E-state index contributed by atoms with van der Waals surface area (Å²) in [6.45, 7) is 10.5. The van der Waals surface area contributed by atoms with Crippen LogP contribution in [0.25, 0.3) is 0 Å². The second kappa shape index (κ2) is 9.34. The van der Waals surface area contributed by atoms with Gasteiger partial charge in [0.1, 0.15) is 6.04 Å². The first-order valence-electron chi connectivity index (χ1n) is 12.5. The van der Waals surface area contributed by atoms with E-state index in [1.807, 2.05) is 57.7 Å². The van der Waals surface area contributed by atoms with Gasteiger partial charge >= 0.3 is 5.97 Å². The fourth-order valence-corrected chi connectivity index (χ4v) is 7.96. The average molecular weight is 491 g/mol. The first-order chi connectivity index (χ1) is 16.1. The van der Waals surface area contributed by atoms with Crippen LogP contribution in [0.3, 0.4) is 0 Å². The lowest BCUT2D eigenvalue weighted by Gasteiger charge is -2.43. The molecule has 4 heterocycles. The Kier molecular flexibility index (Phi) is 6.95. The summed E-state index contributed by atoms with van der Waals surface area (Å²) in [5, 5.41) is 10.2. The van der Waals surface area contributed by atoms with Gasteiger partial charge in [-0.3, -0.25) is 14.4 Å². The Morgan fingerprint density at radius 2 is 1.97 bits per heavy atom. The molecule has 0 aliphatic carbocycles. The third-order valence-electron chi connectivity index (χ3n) is 7.94. The van der Waals surface area contributed by atoms with Gasteiger partial charge in [0.15, 0.2) is 0 Å². The number of thioether (sulfide) groups is 1. The Balaban J connectivity index is 1.89. The molecule has 2 fully saturated rings. The van der Waals surface area contributed by atoms with E-state index in [0.717, 1.165) is 19.3 Å². The fourth-order valence-electron chi connectivity index (χ4n) is 5.97. The number of hydrogen-bond donors (Lipinski definition) is 1. The minimum atomic E-state index is -0.882. The van der Waals surface area contributed by atoms with Crippen molar-refractivity contribution in [2.75, 3.05) is 19.8 Å². The van der Waals surface area contributed by atoms with E-state index in [9.17, 15) is 19.5 Å². The Morgan fingerprint density at radius 3 is 2.62 bits per heavy atom. The Morgan fingerprint density at radius 1 is 1.24 bits per heavy atom. The molecule has 188 valence electrons. The van der Waals surface area contributed by atoms with E-state index >= 15 is 0 Å². The summed E-state index contributed by atoms with van der Waals surface area (Å²) < 4.78 is 4.72. The molecule has 4 aliphatic heterocycles. The van der Waals surface area contributed by atoms with Crippen molar-refractivity contribution >= 4 is 29.5 Å². The number of carbonyl (C=O) groups is 3. The Labute approximate surface area is 206 Å². The van der Waals surface area contributed by atoms with E-state index < -0.39 is 34.2 Å². The quantitative estimate of drug-likeness (QED) is 0.482. The van der Waals surface area contributed by atoms with E-state index in [1.54, 1.807) is 16.7 Å². The molecule has 0 saturated carbocycles. The number of carbonyl (C=O) groups excluding carboxylic acids is 3. The number of hydrogen-bond acceptors (Lipinski definition) is 6. The topological polar surface area (TPSA) is 87.2 Å². The standard InChI is InChI=1S/C26H38N2O5S/c1-6-16(2)17(15-29)28-21-23(31)27(25(3,4)5)13-10-12-26(21)20(22(28)30)19-18(34-26)11-8-7-9-14-33-24(19)32/h8,10-12,16-21,29H,6-7,9,13-15H2,1-5H3/b11-8-/t16-,17-,18-,19+,20-,21?,26-/m0/s1. The molecule has 1 N–H and O–H groups in total. The van der Waals surface area contributed by atoms with E-state index in [2.05, 4.69) is 6.08 Å². The maximum Gasteiger partial charge on any atom is 0.311 e. The van der Waals surface area contributed by atoms with Gasteiger partial charge < -0.3 is 19.6 Å². The molecular weight excluding hydrogens is 452 g/mol. The van der Waals surface area contributed by atoms with Crippen LogP contribution in [-0.2, 0) is 19.1 Å². The minimum Gasteiger partial charge on any atom is -0.465 e. The number of fused-ring (bicyclic) bond motifs is 2. The number of aliphatic hydroxyl groups excluding tert-OH is 1. The van der Waals surface area contributed by atoms with Crippen LogP contribution in [0.1, 0.15) is 53.9 Å². The summed E-state index contributed by atoms with van der Waals surface area (Å²) in [5.74, 6) is -2.06. The number of nitrogens with zero attached hydrogens (tertiary/aromatic N) is 2. The molecule has 1 spiro atoms. The summed E-state index contributed by atoms with van der Waals surface area (Å²) in [7, 11) is 0. The summed E-state index contributed by atoms with van der Waals surface area (Å²) in [6, 6.07) is -1.28. The van der Waals surface area contributed by atoms with Crippen molar-refractivity contribution in [2.45, 2.75) is 81.5 Å². The highest BCUT2D eigenvalue weighted by Gasteiger charge is 2.72. The molecule has 0 radical (unpaired) electrons. The van der Waals surface area contributed by atoms with Crippen LogP contribution in [0.2, 0.25) is 0 Å². The summed E-state index contributed by atoms with van der Waals surface area (Å²) in [5.41, 5.74) is -0.438. The first-order valence-corrected chi connectivity index (χ1v) is 13.4. The maximum absolute atomic E-state index is 14.2. The van der Waals surface area contributed by atoms with Crippen molar-refractivity contribution in [3.05, 3.63) is 24.3 Å². The number of likely N-dealkylation sites (tertiary alicyclic amines) is 1. The van der Waals surface area contributed by atoms with Gasteiger partial charge in [0, 0.05) is 17.3 Å². The van der Waals surface area contributed by atoms with Crippen molar-refractivity contribution in [1.29, 1.82) is 0 Å². The zero-order valence-electron chi connectivity index (χ0n) is 20.9. The highest BCUT2D eigenvalue weighted by atomic mass is 32.2. The lowest BCUT2D eigenvalue weighted by Crippen LogP contribution is -2.60. The van der Waals surface area contributed by atoms with E-state index in [-0.39, 0.29) is 35.6 Å². The summed E-state index contributed by atoms with van der Waals surface area (Å²) in [4.78, 5) is 45.2. The predicted molar refractivity (Wildman–Crippen MR) is 132 cm³/mol. The summed E-state index contributed by atoms with van der Waals surface area (Å²) >= 11 is 1.55. The molecule has 1 unspecified atom stereocenters. The minimum absolute atomic E-state index is 0.00104. The number of esters is 1. The van der Waals surface area contributed by atoms with Gasteiger partial charge in [0.2, 0.25) is 11.8 Å². The van der Waals surface area contributed by atoms with Crippen LogP contribution < -0.4 is 0 Å². The molecular formula is C26H38N2O5S. The van der Waals surface area contributed by atoms with Crippen molar-refractivity contribution in [1.82, 2.24) is 9.80 Å². The highest BCUT2D eigenvalue weighted by Crippen LogP contribution is 2.61. The Bertz CT molecular complexity index is 896. The zero-order chi connectivity index (χ0) is 24.8. The molecule has 7 atom stereocenters. The first kappa shape index (κ1) is 25.3. The zero-order valence-corrected chi connectivity index (χ0v) is 21.7. The van der Waals surface area contributed by atoms with Crippen molar-refractivity contribution in [2.24, 2.45) is 17.8 Å². The molecule has 34 heavy (non-hydrogen) atoms. The molecule has 0 aromatic carbocycles. The van der Waals surface area contributed by atoms with Gasteiger partial charge in [-0.1, -0.05) is 44.6 Å². The average Bonchev–Trinajstić information content (AvgIpc) is 3.18. The van der Waals surface area contributed by atoms with Gasteiger partial charge in [0.05, 0.1) is 35.8 Å². The van der Waals surface area contributed by atoms with Gasteiger partial charge in [0.25, 0.3) is 0 Å². The fraction of sp³-hybridized carbons (Fsp3) is 0.731. The van der Waals surface area contributed by atoms with Crippen LogP contribution in [0.5, 0.6) is 0 Å². The number of cyclic esters (lactones) is 1. The third-order valence-corrected chi connectivity index (χ3v) is 9.69. The summed E-state index contributed by atoms with van der Waals surface area (Å²) in [6.07, 6.45) is 10.4. The van der Waals surface area contributed by atoms with Crippen LogP contribution >= 0.6 is 11.8 Å². The predicted octanol–water partition coefficient (Wildman–Crippen LogP) is 2.78. The smallest absolute Gasteiger partial charge is 0.311 e. The third kappa shape index (κ3) is 3.91. The second-order valence-electron chi connectivity index (χ2n) is 11.0. The van der Waals surface area contributed by atoms with E-state index in [1.165, 1.54) is 0 Å². The lowest BCUT2D eigenvalue weighted by molar-refractivity contribution is -0.154. The number of amides is 2. The monoisotopic (exact) mass is 490 g/mol. The van der Waals surface area contributed by atoms with Gasteiger partial charge in [-0.2, -0.15) is 0 Å². The van der Waals surface area contributed by atoms with Gasteiger partial charge in [-0.15, -0.1) is 11.8 Å². The van der Waals surface area contributed by atoms with Gasteiger partial charge in [-0.05, 0) is 39.5 Å². The van der Waals surface area contributed by atoms with Crippen LogP contribution in [0.4, 0.5) is 0 Å². The molecule has 0 aromatic rings. The normalized spacial score (nSPS) is 36.5. The molecule has 4 rings (SSSR count). The molecule has 4 aliphatic rings. The second-order valence-corrected chi connectivity index (χ2v) is 12.5. The SMILES string of the molecule is CC[C@H](C)[C@H](CO)N1C(=O)[C@@H]2[C@@H]3C(=O)OCCC/C=C\[C@@H]3S[C@@]23C=CCN(C(C)(C)C)C(=O)C13. The number of aliphatic hydroxyl groups is 1. The van der Waals surface area contributed by atoms with Crippen molar-refractivity contribution in [3.63, 3.8) is 0 Å². The molecule has 7 nitrogen and oxygen atoms in total. The lowest BCUT2D eigenvalue weighted by atomic mass is 9.78.